The van der Waals surface area contributed by atoms with Crippen LogP contribution in [0.3, 0.4) is 0 Å². The second-order valence-corrected chi connectivity index (χ2v) is 3.88. The summed E-state index contributed by atoms with van der Waals surface area (Å²) in [6.45, 7) is 3.22. The first-order valence-electron chi connectivity index (χ1n) is 6.31. The van der Waals surface area contributed by atoms with Gasteiger partial charge in [-0.25, -0.2) is 9.59 Å². The quantitative estimate of drug-likeness (QED) is 0.264. The van der Waals surface area contributed by atoms with Crippen molar-refractivity contribution in [1.29, 1.82) is 0 Å². The fraction of sp³-hybridized carbons (Fsp3) is 0.267. The number of esters is 1. The molecule has 0 aromatic heterocycles. The minimum absolute atomic E-state index is 0.277. The highest BCUT2D eigenvalue weighted by Crippen LogP contribution is 2.14. The van der Waals surface area contributed by atoms with E-state index in [1.54, 1.807) is 31.2 Å². The van der Waals surface area contributed by atoms with Crippen LogP contribution in [0.15, 0.2) is 41.6 Å². The van der Waals surface area contributed by atoms with Crippen molar-refractivity contribution in [2.24, 2.45) is 5.16 Å². The predicted octanol–water partition coefficient (Wildman–Crippen LogP) is 2.08. The normalized spacial score (nSPS) is 11.3. The molecular formula is C15H17NO5. The van der Waals surface area contributed by atoms with Crippen LogP contribution >= 0.6 is 0 Å². The number of carbonyl (C=O) groups is 2. The van der Waals surface area contributed by atoms with Gasteiger partial charge < -0.3 is 14.3 Å². The highest BCUT2D eigenvalue weighted by Gasteiger charge is 2.05. The molecular weight excluding hydrogens is 274 g/mol. The van der Waals surface area contributed by atoms with Gasteiger partial charge >= 0.3 is 11.9 Å². The van der Waals surface area contributed by atoms with Crippen LogP contribution in [-0.4, -0.2) is 31.4 Å². The molecule has 0 unspecified atom stereocenters. The maximum Gasteiger partial charge on any atom is 0.332 e. The van der Waals surface area contributed by atoms with E-state index in [0.717, 1.165) is 0 Å². The number of ether oxygens (including phenoxy) is 2. The van der Waals surface area contributed by atoms with Crippen molar-refractivity contribution in [1.82, 2.24) is 0 Å². The summed E-state index contributed by atoms with van der Waals surface area (Å²) in [5, 5.41) is 3.72. The van der Waals surface area contributed by atoms with Crippen molar-refractivity contribution in [3.63, 3.8) is 0 Å². The van der Waals surface area contributed by atoms with Crippen molar-refractivity contribution in [3.8, 4) is 5.75 Å². The van der Waals surface area contributed by atoms with Gasteiger partial charge in [-0.2, -0.15) is 0 Å². The van der Waals surface area contributed by atoms with Crippen LogP contribution in [0.25, 0.3) is 0 Å². The number of rotatable bonds is 6. The van der Waals surface area contributed by atoms with Crippen molar-refractivity contribution in [2.75, 3.05) is 13.7 Å². The number of oxime groups is 1. The second kappa shape index (κ2) is 8.52. The van der Waals surface area contributed by atoms with E-state index in [2.05, 4.69) is 9.99 Å². The van der Waals surface area contributed by atoms with Crippen LogP contribution in [0.2, 0.25) is 0 Å². The average molecular weight is 291 g/mol. The Morgan fingerprint density at radius 3 is 2.67 bits per heavy atom. The molecule has 0 N–H and O–H groups in total. The zero-order chi connectivity index (χ0) is 15.7. The monoisotopic (exact) mass is 291 g/mol. The van der Waals surface area contributed by atoms with Crippen molar-refractivity contribution in [3.05, 3.63) is 42.0 Å². The lowest BCUT2D eigenvalue weighted by Crippen LogP contribution is -2.04. The average Bonchev–Trinajstić information content (AvgIpc) is 2.47. The van der Waals surface area contributed by atoms with Crippen LogP contribution < -0.4 is 4.74 Å². The van der Waals surface area contributed by atoms with Gasteiger partial charge in [-0.3, -0.25) is 0 Å². The SMILES string of the molecule is CCOC(=O)C=CC(=NOC(C)=O)c1cccc(OC)c1. The van der Waals surface area contributed by atoms with Crippen LogP contribution in [0.4, 0.5) is 0 Å². The fourth-order valence-corrected chi connectivity index (χ4v) is 1.41. The second-order valence-electron chi connectivity index (χ2n) is 3.88. The molecule has 0 amide bonds. The van der Waals surface area contributed by atoms with Gasteiger partial charge in [-0.1, -0.05) is 17.3 Å². The summed E-state index contributed by atoms with van der Waals surface area (Å²) in [5.74, 6) is -0.441. The number of benzene rings is 1. The maximum absolute atomic E-state index is 11.3. The molecule has 112 valence electrons. The fourth-order valence-electron chi connectivity index (χ4n) is 1.41. The summed E-state index contributed by atoms with van der Waals surface area (Å²) in [6, 6.07) is 6.98. The minimum Gasteiger partial charge on any atom is -0.497 e. The van der Waals surface area contributed by atoms with Crippen LogP contribution in [0.1, 0.15) is 19.4 Å². The number of methoxy groups -OCH3 is 1. The summed E-state index contributed by atoms with van der Waals surface area (Å²) < 4.78 is 9.90. The molecule has 0 spiro atoms. The molecule has 0 saturated heterocycles. The molecule has 0 heterocycles. The zero-order valence-electron chi connectivity index (χ0n) is 12.2. The molecule has 6 heteroatoms. The van der Waals surface area contributed by atoms with Crippen molar-refractivity contribution >= 4 is 17.7 Å². The van der Waals surface area contributed by atoms with Gasteiger partial charge in [0.1, 0.15) is 11.5 Å². The van der Waals surface area contributed by atoms with Crippen molar-refractivity contribution < 1.29 is 23.9 Å². The van der Waals surface area contributed by atoms with Gasteiger partial charge in [-0.15, -0.1) is 0 Å². The number of allylic oxidation sites excluding steroid dienone is 1. The largest absolute Gasteiger partial charge is 0.497 e. The Morgan fingerprint density at radius 1 is 1.29 bits per heavy atom. The first kappa shape index (κ1) is 16.4. The van der Waals surface area contributed by atoms with E-state index in [1.165, 1.54) is 26.2 Å². The van der Waals surface area contributed by atoms with Gasteiger partial charge in [-0.05, 0) is 25.1 Å². The van der Waals surface area contributed by atoms with Gasteiger partial charge in [0.25, 0.3) is 0 Å². The minimum atomic E-state index is -0.556. The molecule has 0 atom stereocenters. The van der Waals surface area contributed by atoms with E-state index >= 15 is 0 Å². The van der Waals surface area contributed by atoms with E-state index in [-0.39, 0.29) is 6.61 Å². The predicted molar refractivity (Wildman–Crippen MR) is 77.1 cm³/mol. The smallest absolute Gasteiger partial charge is 0.332 e. The third-order valence-corrected chi connectivity index (χ3v) is 2.30. The van der Waals surface area contributed by atoms with Gasteiger partial charge in [0.15, 0.2) is 0 Å². The molecule has 0 aliphatic rings. The summed E-state index contributed by atoms with van der Waals surface area (Å²) >= 11 is 0. The Kier molecular flexibility index (Phi) is 6.67. The van der Waals surface area contributed by atoms with E-state index in [9.17, 15) is 9.59 Å². The maximum atomic E-state index is 11.3. The lowest BCUT2D eigenvalue weighted by molar-refractivity contribution is -0.141. The van der Waals surface area contributed by atoms with E-state index in [0.29, 0.717) is 17.0 Å². The van der Waals surface area contributed by atoms with Crippen LogP contribution in [0, 0.1) is 0 Å². The van der Waals surface area contributed by atoms with E-state index in [4.69, 9.17) is 9.47 Å². The number of hydrogen-bond acceptors (Lipinski definition) is 6. The Morgan fingerprint density at radius 2 is 2.05 bits per heavy atom. The van der Waals surface area contributed by atoms with Crippen molar-refractivity contribution in [2.45, 2.75) is 13.8 Å². The third-order valence-electron chi connectivity index (χ3n) is 2.30. The topological polar surface area (TPSA) is 74.2 Å². The molecule has 21 heavy (non-hydrogen) atoms. The standard InChI is InChI=1S/C15H17NO5/c1-4-20-15(18)9-8-14(16-21-11(2)17)12-6-5-7-13(10-12)19-3/h5-10H,4H2,1-3H3. The molecule has 0 saturated carbocycles. The Labute approximate surface area is 123 Å². The Bertz CT molecular complexity index is 563. The Hall–Kier alpha value is -2.63. The molecule has 0 aliphatic carbocycles. The first-order chi connectivity index (χ1) is 10.1. The molecule has 0 radical (unpaired) electrons. The van der Waals surface area contributed by atoms with E-state index in [1.807, 2.05) is 0 Å². The highest BCUT2D eigenvalue weighted by atomic mass is 16.7. The zero-order valence-corrected chi connectivity index (χ0v) is 12.2. The molecule has 1 rings (SSSR count). The molecule has 1 aromatic carbocycles. The summed E-state index contributed by atoms with van der Waals surface area (Å²) in [5.41, 5.74) is 0.938. The van der Waals surface area contributed by atoms with Gasteiger partial charge in [0.05, 0.1) is 13.7 Å². The lowest BCUT2D eigenvalue weighted by Gasteiger charge is -2.04. The lowest BCUT2D eigenvalue weighted by atomic mass is 10.1. The van der Waals surface area contributed by atoms with E-state index < -0.39 is 11.9 Å². The molecule has 0 fully saturated rings. The van der Waals surface area contributed by atoms with Crippen LogP contribution in [0.5, 0.6) is 5.75 Å². The molecule has 1 aromatic rings. The number of carbonyl (C=O) groups excluding carboxylic acids is 2. The molecule has 0 aliphatic heterocycles. The van der Waals surface area contributed by atoms with Gasteiger partial charge in [0, 0.05) is 18.6 Å². The summed E-state index contributed by atoms with van der Waals surface area (Å²) in [7, 11) is 1.54. The third kappa shape index (κ3) is 5.90. The van der Waals surface area contributed by atoms with Gasteiger partial charge in [0.2, 0.25) is 0 Å². The summed E-state index contributed by atoms with van der Waals surface area (Å²) in [4.78, 5) is 26.8. The number of nitrogens with zero attached hydrogens (tertiary/aromatic N) is 1. The molecule has 6 nitrogen and oxygen atoms in total. The van der Waals surface area contributed by atoms with Crippen LogP contribution in [-0.2, 0) is 19.2 Å². The number of hydrogen-bond donors (Lipinski definition) is 0. The highest BCUT2D eigenvalue weighted by molar-refractivity contribution is 6.10. The molecule has 0 bridgehead atoms. The summed E-state index contributed by atoms with van der Waals surface area (Å²) in [6.07, 6.45) is 2.63. The first-order valence-corrected chi connectivity index (χ1v) is 6.31. The Balaban J connectivity index is 3.04.